The number of hydrogen-bond acceptors (Lipinski definition) is 3. The zero-order chi connectivity index (χ0) is 17.8. The summed E-state index contributed by atoms with van der Waals surface area (Å²) >= 11 is 3.22. The van der Waals surface area contributed by atoms with Crippen molar-refractivity contribution in [2.75, 3.05) is 18.4 Å². The Balaban J connectivity index is 2.70. The highest BCUT2D eigenvalue weighted by Gasteiger charge is 2.30. The quantitative estimate of drug-likeness (QED) is 0.785. The van der Waals surface area contributed by atoms with Gasteiger partial charge in [-0.25, -0.2) is 9.18 Å². The Morgan fingerprint density at radius 1 is 1.26 bits per heavy atom. The first-order valence-electron chi connectivity index (χ1n) is 7.60. The summed E-state index contributed by atoms with van der Waals surface area (Å²) in [7, 11) is 0. The minimum Gasteiger partial charge on any atom is -0.444 e. The molecule has 23 heavy (non-hydrogen) atoms. The van der Waals surface area contributed by atoms with Crippen LogP contribution in [0, 0.1) is 5.82 Å². The Labute approximate surface area is 146 Å². The number of halogens is 2. The van der Waals surface area contributed by atoms with E-state index in [1.807, 2.05) is 41.5 Å². The first-order valence-corrected chi connectivity index (χ1v) is 8.39. The second-order valence-electron chi connectivity index (χ2n) is 7.35. The molecular formula is C17H26BrFN2O2. The zero-order valence-electron chi connectivity index (χ0n) is 14.7. The van der Waals surface area contributed by atoms with Crippen molar-refractivity contribution in [3.63, 3.8) is 0 Å². The number of anilines is 1. The second-order valence-corrected chi connectivity index (χ2v) is 8.27. The lowest BCUT2D eigenvalue weighted by atomic mass is 10.1. The maximum atomic E-state index is 13.8. The van der Waals surface area contributed by atoms with E-state index in [1.54, 1.807) is 17.0 Å². The predicted molar refractivity (Wildman–Crippen MR) is 95.3 cm³/mol. The molecule has 0 aliphatic rings. The molecule has 0 bridgehead atoms. The van der Waals surface area contributed by atoms with Crippen molar-refractivity contribution < 1.29 is 13.9 Å². The van der Waals surface area contributed by atoms with Gasteiger partial charge in [-0.2, -0.15) is 0 Å². The Morgan fingerprint density at radius 3 is 2.35 bits per heavy atom. The van der Waals surface area contributed by atoms with Crippen LogP contribution in [0.2, 0.25) is 0 Å². The number of nitrogens with one attached hydrogen (secondary N) is 1. The standard InChI is InChI=1S/C17H26BrFN2O2/c1-16(2,3)21(15(22)23-17(4,5)6)10-9-20-14-8-7-12(18)11-13(14)19/h7-8,11,20H,9-10H2,1-6H3. The molecule has 0 saturated carbocycles. The van der Waals surface area contributed by atoms with E-state index in [0.29, 0.717) is 23.2 Å². The highest BCUT2D eigenvalue weighted by molar-refractivity contribution is 9.10. The van der Waals surface area contributed by atoms with Crippen molar-refractivity contribution in [1.29, 1.82) is 0 Å². The molecule has 0 saturated heterocycles. The molecule has 0 aliphatic heterocycles. The number of amides is 1. The van der Waals surface area contributed by atoms with Gasteiger partial charge in [-0.1, -0.05) is 15.9 Å². The van der Waals surface area contributed by atoms with Gasteiger partial charge < -0.3 is 15.0 Å². The predicted octanol–water partition coefficient (Wildman–Crippen LogP) is 5.04. The summed E-state index contributed by atoms with van der Waals surface area (Å²) in [6.07, 6.45) is -0.372. The molecule has 6 heteroatoms. The van der Waals surface area contributed by atoms with E-state index in [4.69, 9.17) is 4.74 Å². The number of ether oxygens (including phenoxy) is 1. The van der Waals surface area contributed by atoms with Gasteiger partial charge in [0.15, 0.2) is 0 Å². The molecule has 1 N–H and O–H groups in total. The minimum atomic E-state index is -0.550. The summed E-state index contributed by atoms with van der Waals surface area (Å²) in [6.45, 7) is 12.2. The monoisotopic (exact) mass is 388 g/mol. The average molecular weight is 389 g/mol. The number of hydrogen-bond donors (Lipinski definition) is 1. The van der Waals surface area contributed by atoms with Crippen molar-refractivity contribution in [2.24, 2.45) is 0 Å². The van der Waals surface area contributed by atoms with E-state index in [0.717, 1.165) is 0 Å². The normalized spacial score (nSPS) is 12.0. The van der Waals surface area contributed by atoms with E-state index in [9.17, 15) is 9.18 Å². The van der Waals surface area contributed by atoms with E-state index >= 15 is 0 Å². The number of carbonyl (C=O) groups is 1. The van der Waals surface area contributed by atoms with E-state index in [-0.39, 0.29) is 17.4 Å². The molecule has 0 fully saturated rings. The summed E-state index contributed by atoms with van der Waals surface area (Å²) < 4.78 is 19.9. The van der Waals surface area contributed by atoms with Gasteiger partial charge in [0.05, 0.1) is 5.69 Å². The van der Waals surface area contributed by atoms with E-state index in [1.165, 1.54) is 6.07 Å². The van der Waals surface area contributed by atoms with Gasteiger partial charge in [-0.05, 0) is 59.7 Å². The smallest absolute Gasteiger partial charge is 0.410 e. The van der Waals surface area contributed by atoms with Crippen LogP contribution in [0.1, 0.15) is 41.5 Å². The lowest BCUT2D eigenvalue weighted by Gasteiger charge is -2.37. The molecule has 4 nitrogen and oxygen atoms in total. The highest BCUT2D eigenvalue weighted by atomic mass is 79.9. The van der Waals surface area contributed by atoms with Crippen LogP contribution in [0.5, 0.6) is 0 Å². The Kier molecular flexibility index (Phi) is 6.45. The van der Waals surface area contributed by atoms with Gasteiger partial charge in [-0.15, -0.1) is 0 Å². The molecule has 0 aliphatic carbocycles. The Bertz CT molecular complexity index is 551. The summed E-state index contributed by atoms with van der Waals surface area (Å²) in [5.41, 5.74) is -0.528. The molecule has 0 radical (unpaired) electrons. The SMILES string of the molecule is CC(C)(C)OC(=O)N(CCNc1ccc(Br)cc1F)C(C)(C)C. The molecule has 130 valence electrons. The lowest BCUT2D eigenvalue weighted by molar-refractivity contribution is 0.00749. The van der Waals surface area contributed by atoms with Gasteiger partial charge in [0.1, 0.15) is 11.4 Å². The molecular weight excluding hydrogens is 363 g/mol. The fourth-order valence-corrected chi connectivity index (χ4v) is 2.29. The molecule has 0 spiro atoms. The lowest BCUT2D eigenvalue weighted by Crippen LogP contribution is -2.49. The van der Waals surface area contributed by atoms with Gasteiger partial charge in [-0.3, -0.25) is 0 Å². The third-order valence-corrected chi connectivity index (χ3v) is 3.50. The van der Waals surface area contributed by atoms with Crippen molar-refractivity contribution in [3.05, 3.63) is 28.5 Å². The van der Waals surface area contributed by atoms with Crippen LogP contribution in [0.3, 0.4) is 0 Å². The largest absolute Gasteiger partial charge is 0.444 e. The summed E-state index contributed by atoms with van der Waals surface area (Å²) in [6, 6.07) is 4.83. The fourth-order valence-electron chi connectivity index (χ4n) is 1.95. The van der Waals surface area contributed by atoms with Crippen molar-refractivity contribution in [2.45, 2.75) is 52.7 Å². The maximum absolute atomic E-state index is 13.8. The van der Waals surface area contributed by atoms with Crippen molar-refractivity contribution >= 4 is 27.7 Å². The molecule has 1 rings (SSSR count). The molecule has 0 atom stereocenters. The molecule has 1 aromatic carbocycles. The van der Waals surface area contributed by atoms with Crippen LogP contribution in [-0.4, -0.2) is 35.2 Å². The first kappa shape index (κ1) is 19.7. The number of carbonyl (C=O) groups excluding carboxylic acids is 1. The first-order chi connectivity index (χ1) is 10.4. The van der Waals surface area contributed by atoms with Crippen LogP contribution in [-0.2, 0) is 4.74 Å². The number of nitrogens with zero attached hydrogens (tertiary/aromatic N) is 1. The van der Waals surface area contributed by atoms with Crippen LogP contribution in [0.15, 0.2) is 22.7 Å². The fraction of sp³-hybridized carbons (Fsp3) is 0.588. The summed E-state index contributed by atoms with van der Waals surface area (Å²) in [4.78, 5) is 14.0. The van der Waals surface area contributed by atoms with Crippen molar-refractivity contribution in [3.8, 4) is 0 Å². The molecule has 0 aromatic heterocycles. The minimum absolute atomic E-state index is 0.334. The topological polar surface area (TPSA) is 41.6 Å². The van der Waals surface area contributed by atoms with Crippen LogP contribution in [0.25, 0.3) is 0 Å². The molecule has 0 heterocycles. The third kappa shape index (κ3) is 6.77. The Hall–Kier alpha value is -1.30. The number of benzene rings is 1. The Morgan fingerprint density at radius 2 is 1.87 bits per heavy atom. The average Bonchev–Trinajstić information content (AvgIpc) is 2.32. The zero-order valence-corrected chi connectivity index (χ0v) is 16.3. The highest BCUT2D eigenvalue weighted by Crippen LogP contribution is 2.21. The third-order valence-electron chi connectivity index (χ3n) is 3.01. The number of rotatable bonds is 4. The maximum Gasteiger partial charge on any atom is 0.410 e. The van der Waals surface area contributed by atoms with Gasteiger partial charge >= 0.3 is 6.09 Å². The van der Waals surface area contributed by atoms with Gasteiger partial charge in [0.2, 0.25) is 0 Å². The summed E-state index contributed by atoms with van der Waals surface area (Å²) in [5.74, 6) is -0.334. The van der Waals surface area contributed by atoms with E-state index in [2.05, 4.69) is 21.2 Å². The van der Waals surface area contributed by atoms with Gasteiger partial charge in [0.25, 0.3) is 0 Å². The van der Waals surface area contributed by atoms with Crippen LogP contribution >= 0.6 is 15.9 Å². The van der Waals surface area contributed by atoms with Crippen LogP contribution < -0.4 is 5.32 Å². The van der Waals surface area contributed by atoms with Crippen molar-refractivity contribution in [1.82, 2.24) is 4.90 Å². The second kappa shape index (κ2) is 7.51. The molecule has 0 unspecified atom stereocenters. The molecule has 1 aromatic rings. The van der Waals surface area contributed by atoms with Gasteiger partial charge in [0, 0.05) is 23.1 Å². The molecule has 1 amide bonds. The summed E-state index contributed by atoms with van der Waals surface area (Å²) in [5, 5.41) is 3.02. The van der Waals surface area contributed by atoms with Crippen LogP contribution in [0.4, 0.5) is 14.9 Å². The van der Waals surface area contributed by atoms with E-state index < -0.39 is 5.60 Å².